The van der Waals surface area contributed by atoms with Crippen LogP contribution in [0.1, 0.15) is 25.3 Å². The van der Waals surface area contributed by atoms with Crippen molar-refractivity contribution >= 4 is 51.1 Å². The molecular weight excluding hydrogens is 480 g/mol. The number of anilines is 2. The molecule has 182 valence electrons. The molecule has 1 aliphatic heterocycles. The number of fused-ring (bicyclic) bond motifs is 1. The molecule has 0 saturated carbocycles. The van der Waals surface area contributed by atoms with E-state index in [0.717, 1.165) is 15.8 Å². The van der Waals surface area contributed by atoms with Crippen molar-refractivity contribution in [1.82, 2.24) is 9.97 Å². The number of rotatable bonds is 8. The minimum absolute atomic E-state index is 0.169. The number of piperidine rings is 1. The van der Waals surface area contributed by atoms with Crippen molar-refractivity contribution in [3.63, 3.8) is 0 Å². The van der Waals surface area contributed by atoms with Crippen molar-refractivity contribution in [2.24, 2.45) is 0 Å². The Balaban J connectivity index is 1.49. The molecule has 2 aromatic heterocycles. The number of carbonyl (C=O) groups is 1. The van der Waals surface area contributed by atoms with Crippen molar-refractivity contribution in [2.75, 3.05) is 44.1 Å². The third-order valence-electron chi connectivity index (χ3n) is 5.51. The van der Waals surface area contributed by atoms with Crippen LogP contribution in [0.15, 0.2) is 24.3 Å². The van der Waals surface area contributed by atoms with E-state index in [1.807, 2.05) is 24.3 Å². The Morgan fingerprint density at radius 3 is 2.65 bits per heavy atom. The molecule has 4 rings (SSSR count). The predicted molar refractivity (Wildman–Crippen MR) is 133 cm³/mol. The molecule has 11 heteroatoms. The maximum absolute atomic E-state index is 11.6. The van der Waals surface area contributed by atoms with Crippen molar-refractivity contribution in [3.05, 3.63) is 34.2 Å². The van der Waals surface area contributed by atoms with Crippen LogP contribution < -0.4 is 19.7 Å². The fourth-order valence-corrected chi connectivity index (χ4v) is 4.88. The lowest BCUT2D eigenvalue weighted by Crippen LogP contribution is -2.39. The molecule has 0 bridgehead atoms. The van der Waals surface area contributed by atoms with E-state index in [1.54, 1.807) is 21.1 Å². The largest absolute Gasteiger partial charge is 0.508 e. The summed E-state index contributed by atoms with van der Waals surface area (Å²) in [5.74, 6) is 2.68. The zero-order chi connectivity index (χ0) is 24.1. The van der Waals surface area contributed by atoms with Crippen molar-refractivity contribution < 1.29 is 23.7 Å². The van der Waals surface area contributed by atoms with Gasteiger partial charge in [0.15, 0.2) is 11.5 Å². The van der Waals surface area contributed by atoms with E-state index < -0.39 is 6.16 Å². The van der Waals surface area contributed by atoms with Gasteiger partial charge in [0, 0.05) is 32.5 Å². The molecule has 1 aromatic carbocycles. The molecule has 3 aromatic rings. The van der Waals surface area contributed by atoms with Gasteiger partial charge in [0.05, 0.1) is 30.5 Å². The van der Waals surface area contributed by atoms with E-state index >= 15 is 0 Å². The van der Waals surface area contributed by atoms with E-state index in [1.165, 1.54) is 11.3 Å². The number of nitrogens with one attached hydrogen (secondary N) is 1. The molecule has 1 N–H and O–H groups in total. The highest BCUT2D eigenvalue weighted by Crippen LogP contribution is 2.35. The molecule has 0 amide bonds. The second-order valence-corrected chi connectivity index (χ2v) is 9.33. The number of methoxy groups -OCH3 is 2. The van der Waals surface area contributed by atoms with Crippen molar-refractivity contribution in [3.8, 4) is 11.5 Å². The molecule has 1 fully saturated rings. The molecule has 0 radical (unpaired) electrons. The Kier molecular flexibility index (Phi) is 7.79. The lowest BCUT2D eigenvalue weighted by molar-refractivity contribution is 0.0183. The van der Waals surface area contributed by atoms with Gasteiger partial charge in [-0.1, -0.05) is 17.7 Å². The maximum Gasteiger partial charge on any atom is 0.508 e. The lowest BCUT2D eigenvalue weighted by Gasteiger charge is -2.31. The fraction of sp³-hybridized carbons (Fsp3) is 0.435. The highest BCUT2D eigenvalue weighted by atomic mass is 35.5. The lowest BCUT2D eigenvalue weighted by atomic mass is 10.1. The molecule has 0 aliphatic carbocycles. The number of ether oxygens (including phenoxy) is 4. The van der Waals surface area contributed by atoms with Crippen LogP contribution in [-0.4, -0.2) is 56.1 Å². The van der Waals surface area contributed by atoms with Gasteiger partial charge in [-0.15, -0.1) is 11.3 Å². The number of carbonyl (C=O) groups excluding carboxylic acids is 1. The van der Waals surface area contributed by atoms with Crippen LogP contribution >= 0.6 is 22.9 Å². The van der Waals surface area contributed by atoms with Crippen molar-refractivity contribution in [2.45, 2.75) is 32.4 Å². The number of hydrogen-bond donors (Lipinski definition) is 1. The zero-order valence-corrected chi connectivity index (χ0v) is 20.9. The van der Waals surface area contributed by atoms with Crippen LogP contribution in [0.3, 0.4) is 0 Å². The first-order valence-corrected chi connectivity index (χ1v) is 12.2. The normalized spacial score (nSPS) is 14.2. The van der Waals surface area contributed by atoms with Crippen LogP contribution in [0.5, 0.6) is 11.5 Å². The SMILES string of the molecule is CCOC(=O)OC1CCN(c2nc(NCc3ccc(OC)c(OC)c3)c3cc(Cl)sc3n2)CC1. The fourth-order valence-electron chi connectivity index (χ4n) is 3.79. The second-order valence-electron chi connectivity index (χ2n) is 7.67. The van der Waals surface area contributed by atoms with E-state index in [4.69, 9.17) is 40.5 Å². The minimum atomic E-state index is -0.617. The van der Waals surface area contributed by atoms with E-state index in [9.17, 15) is 4.79 Å². The van der Waals surface area contributed by atoms with Gasteiger partial charge in [-0.25, -0.2) is 9.78 Å². The summed E-state index contributed by atoms with van der Waals surface area (Å²) in [7, 11) is 3.23. The quantitative estimate of drug-likeness (QED) is 0.418. The molecule has 0 atom stereocenters. The first-order valence-electron chi connectivity index (χ1n) is 11.0. The van der Waals surface area contributed by atoms with Gasteiger partial charge in [0.1, 0.15) is 16.8 Å². The summed E-state index contributed by atoms with van der Waals surface area (Å²) in [6.07, 6.45) is 0.575. The summed E-state index contributed by atoms with van der Waals surface area (Å²) in [4.78, 5) is 24.1. The third kappa shape index (κ3) is 5.56. The zero-order valence-electron chi connectivity index (χ0n) is 19.3. The van der Waals surface area contributed by atoms with Gasteiger partial charge < -0.3 is 29.2 Å². The smallest absolute Gasteiger partial charge is 0.493 e. The number of halogens is 1. The first-order chi connectivity index (χ1) is 16.5. The third-order valence-corrected chi connectivity index (χ3v) is 6.67. The molecule has 34 heavy (non-hydrogen) atoms. The number of aromatic nitrogens is 2. The maximum atomic E-state index is 11.6. The summed E-state index contributed by atoms with van der Waals surface area (Å²) >= 11 is 7.71. The van der Waals surface area contributed by atoms with Crippen molar-refractivity contribution in [1.29, 1.82) is 0 Å². The molecule has 0 spiro atoms. The Morgan fingerprint density at radius 1 is 1.18 bits per heavy atom. The van der Waals surface area contributed by atoms with Gasteiger partial charge in [-0.3, -0.25) is 0 Å². The molecule has 0 unspecified atom stereocenters. The topological polar surface area (TPSA) is 95.0 Å². The monoisotopic (exact) mass is 506 g/mol. The molecule has 9 nitrogen and oxygen atoms in total. The van der Waals surface area contributed by atoms with Crippen LogP contribution in [0.25, 0.3) is 10.2 Å². The van der Waals surface area contributed by atoms with E-state index in [0.29, 0.717) is 66.7 Å². The highest BCUT2D eigenvalue weighted by Gasteiger charge is 2.25. The summed E-state index contributed by atoms with van der Waals surface area (Å²) < 4.78 is 21.6. The molecular formula is C23H27ClN4O5S. The Labute approximate surface area is 206 Å². The summed E-state index contributed by atoms with van der Waals surface area (Å²) in [6.45, 7) is 3.93. The average Bonchev–Trinajstić information content (AvgIpc) is 3.23. The Bertz CT molecular complexity index is 1150. The van der Waals surface area contributed by atoms with Crippen LogP contribution in [0, 0.1) is 0 Å². The number of nitrogens with zero attached hydrogens (tertiary/aromatic N) is 3. The predicted octanol–water partition coefficient (Wildman–Crippen LogP) is 5.12. The van der Waals surface area contributed by atoms with Gasteiger partial charge in [0.2, 0.25) is 5.95 Å². The Morgan fingerprint density at radius 2 is 1.94 bits per heavy atom. The summed E-state index contributed by atoms with van der Waals surface area (Å²) in [5, 5.41) is 4.30. The average molecular weight is 507 g/mol. The summed E-state index contributed by atoms with van der Waals surface area (Å²) in [5.41, 5.74) is 1.02. The Hall–Kier alpha value is -2.98. The molecule has 3 heterocycles. The van der Waals surface area contributed by atoms with Gasteiger partial charge in [-0.05, 0) is 30.7 Å². The molecule has 1 saturated heterocycles. The number of benzene rings is 1. The molecule has 1 aliphatic rings. The number of thiophene rings is 1. The standard InChI is InChI=1S/C23H27ClN4O5S/c1-4-32-23(29)33-15-7-9-28(10-8-15)22-26-20(16-12-19(24)34-21(16)27-22)25-13-14-5-6-17(30-2)18(11-14)31-3/h5-6,11-12,15H,4,7-10,13H2,1-3H3,(H,25,26,27). The van der Waals surface area contributed by atoms with Crippen LogP contribution in [0.2, 0.25) is 4.34 Å². The summed E-state index contributed by atoms with van der Waals surface area (Å²) in [6, 6.07) is 7.66. The first kappa shape index (κ1) is 24.2. The van der Waals surface area contributed by atoms with Crippen LogP contribution in [-0.2, 0) is 16.0 Å². The van der Waals surface area contributed by atoms with Gasteiger partial charge in [-0.2, -0.15) is 4.98 Å². The van der Waals surface area contributed by atoms with Gasteiger partial charge in [0.25, 0.3) is 0 Å². The van der Waals surface area contributed by atoms with Crippen LogP contribution in [0.4, 0.5) is 16.6 Å². The number of hydrogen-bond acceptors (Lipinski definition) is 10. The van der Waals surface area contributed by atoms with E-state index in [2.05, 4.69) is 10.2 Å². The minimum Gasteiger partial charge on any atom is -0.493 e. The van der Waals surface area contributed by atoms with Gasteiger partial charge >= 0.3 is 6.16 Å². The van der Waals surface area contributed by atoms with E-state index in [-0.39, 0.29) is 6.10 Å². The second kappa shape index (κ2) is 11.0. The highest BCUT2D eigenvalue weighted by molar-refractivity contribution is 7.22.